The third-order valence-electron chi connectivity index (χ3n) is 2.22. The molecule has 0 aliphatic carbocycles. The molecule has 0 aliphatic rings. The van der Waals surface area contributed by atoms with Crippen LogP contribution in [0.3, 0.4) is 0 Å². The van der Waals surface area contributed by atoms with Crippen LogP contribution < -0.4 is 5.90 Å². The lowest BCUT2D eigenvalue weighted by molar-refractivity contribution is -0.0162. The molecule has 0 fully saturated rings. The van der Waals surface area contributed by atoms with Crippen LogP contribution in [0.1, 0.15) is 34.1 Å². The molecule has 0 aromatic carbocycles. The van der Waals surface area contributed by atoms with Gasteiger partial charge in [-0.15, -0.1) is 0 Å². The van der Waals surface area contributed by atoms with Crippen LogP contribution in [0.2, 0.25) is 0 Å². The average molecular weight is 131 g/mol. The van der Waals surface area contributed by atoms with Gasteiger partial charge in [-0.25, -0.2) is 5.90 Å². The van der Waals surface area contributed by atoms with E-state index in [1.807, 2.05) is 6.92 Å². The molecule has 2 heteroatoms. The van der Waals surface area contributed by atoms with Gasteiger partial charge in [-0.3, -0.25) is 0 Å². The number of hydrogen-bond donors (Lipinski definition) is 1. The zero-order chi connectivity index (χ0) is 7.49. The molecule has 0 bridgehead atoms. The first-order valence-corrected chi connectivity index (χ1v) is 3.40. The lowest BCUT2D eigenvalue weighted by atomic mass is 9.85. The Balaban J connectivity index is 3.80. The summed E-state index contributed by atoms with van der Waals surface area (Å²) in [5, 5.41) is 0. The summed E-state index contributed by atoms with van der Waals surface area (Å²) in [4.78, 5) is 4.71. The predicted molar refractivity (Wildman–Crippen MR) is 38.8 cm³/mol. The molecule has 9 heavy (non-hydrogen) atoms. The second-order valence-electron chi connectivity index (χ2n) is 3.12. The van der Waals surface area contributed by atoms with Gasteiger partial charge in [0.25, 0.3) is 0 Å². The van der Waals surface area contributed by atoms with Crippen LogP contribution in [0.5, 0.6) is 0 Å². The minimum absolute atomic E-state index is 0.141. The molecule has 0 saturated carbocycles. The fourth-order valence-electron chi connectivity index (χ4n) is 0.472. The highest BCUT2D eigenvalue weighted by molar-refractivity contribution is 4.72. The summed E-state index contributed by atoms with van der Waals surface area (Å²) in [6.07, 6.45) is 1.23. The summed E-state index contributed by atoms with van der Waals surface area (Å²) in [6.45, 7) is 8.41. The molecule has 0 spiro atoms. The molecule has 56 valence electrons. The van der Waals surface area contributed by atoms with Gasteiger partial charge in [-0.2, -0.15) is 0 Å². The van der Waals surface area contributed by atoms with Gasteiger partial charge in [0.05, 0.1) is 6.10 Å². The molecular formula is C7H17NO. The maximum atomic E-state index is 5.03. The first-order chi connectivity index (χ1) is 4.04. The Morgan fingerprint density at radius 3 is 2.11 bits per heavy atom. The van der Waals surface area contributed by atoms with E-state index in [9.17, 15) is 0 Å². The zero-order valence-corrected chi connectivity index (χ0v) is 6.77. The Morgan fingerprint density at radius 2 is 2.00 bits per heavy atom. The van der Waals surface area contributed by atoms with Crippen molar-refractivity contribution in [2.45, 2.75) is 40.2 Å². The minimum atomic E-state index is 0.141. The molecule has 0 saturated heterocycles. The maximum Gasteiger partial charge on any atom is 0.0809 e. The highest BCUT2D eigenvalue weighted by Crippen LogP contribution is 2.25. The molecule has 0 rings (SSSR count). The van der Waals surface area contributed by atoms with Crippen molar-refractivity contribution in [3.05, 3.63) is 0 Å². The summed E-state index contributed by atoms with van der Waals surface area (Å²) in [5.74, 6) is 5.03. The van der Waals surface area contributed by atoms with E-state index < -0.39 is 0 Å². The Hall–Kier alpha value is -0.0800. The molecule has 0 aromatic heterocycles. The van der Waals surface area contributed by atoms with Crippen molar-refractivity contribution >= 4 is 0 Å². The van der Waals surface area contributed by atoms with Crippen LogP contribution in [0, 0.1) is 5.41 Å². The molecule has 2 N–H and O–H groups in total. The van der Waals surface area contributed by atoms with Crippen LogP contribution in [-0.4, -0.2) is 6.10 Å². The highest BCUT2D eigenvalue weighted by Gasteiger charge is 2.23. The predicted octanol–water partition coefficient (Wildman–Crippen LogP) is 1.70. The lowest BCUT2D eigenvalue weighted by Gasteiger charge is -2.28. The van der Waals surface area contributed by atoms with E-state index in [1.165, 1.54) is 0 Å². The van der Waals surface area contributed by atoms with Crippen molar-refractivity contribution in [3.8, 4) is 0 Å². The Kier molecular flexibility index (Phi) is 3.15. The van der Waals surface area contributed by atoms with Crippen molar-refractivity contribution in [2.24, 2.45) is 11.3 Å². The standard InChI is InChI=1S/C7H17NO/c1-5-7(3,4)6(2)9-8/h6H,5,8H2,1-4H3. The van der Waals surface area contributed by atoms with Crippen molar-refractivity contribution in [1.82, 2.24) is 0 Å². The third-order valence-corrected chi connectivity index (χ3v) is 2.22. The molecule has 1 unspecified atom stereocenters. The molecule has 1 atom stereocenters. The summed E-state index contributed by atoms with van der Waals surface area (Å²) in [7, 11) is 0. The number of rotatable bonds is 3. The largest absolute Gasteiger partial charge is 0.301 e. The lowest BCUT2D eigenvalue weighted by Crippen LogP contribution is -2.30. The van der Waals surface area contributed by atoms with E-state index in [0.717, 1.165) is 6.42 Å². The SMILES string of the molecule is CCC(C)(C)C(C)ON. The third kappa shape index (κ3) is 2.33. The Morgan fingerprint density at radius 1 is 1.56 bits per heavy atom. The van der Waals surface area contributed by atoms with Gasteiger partial charge in [-0.05, 0) is 18.8 Å². The summed E-state index contributed by atoms with van der Waals surface area (Å²) >= 11 is 0. The molecule has 0 aliphatic heterocycles. The summed E-state index contributed by atoms with van der Waals surface area (Å²) in [6, 6.07) is 0. The number of hydrogen-bond acceptors (Lipinski definition) is 2. The van der Waals surface area contributed by atoms with Crippen LogP contribution >= 0.6 is 0 Å². The van der Waals surface area contributed by atoms with Gasteiger partial charge in [-0.1, -0.05) is 20.8 Å². The van der Waals surface area contributed by atoms with Crippen LogP contribution in [0.15, 0.2) is 0 Å². The van der Waals surface area contributed by atoms with Gasteiger partial charge in [0.15, 0.2) is 0 Å². The molecule has 0 radical (unpaired) electrons. The quantitative estimate of drug-likeness (QED) is 0.592. The second-order valence-corrected chi connectivity index (χ2v) is 3.12. The molecule has 2 nitrogen and oxygen atoms in total. The Bertz CT molecular complexity index is 81.0. The van der Waals surface area contributed by atoms with Gasteiger partial charge in [0.1, 0.15) is 0 Å². The van der Waals surface area contributed by atoms with Crippen molar-refractivity contribution in [3.63, 3.8) is 0 Å². The van der Waals surface area contributed by atoms with E-state index in [2.05, 4.69) is 20.8 Å². The molecule has 0 amide bonds. The fourth-order valence-corrected chi connectivity index (χ4v) is 0.472. The normalized spacial score (nSPS) is 15.7. The van der Waals surface area contributed by atoms with Gasteiger partial charge >= 0.3 is 0 Å². The van der Waals surface area contributed by atoms with E-state index in [-0.39, 0.29) is 11.5 Å². The van der Waals surface area contributed by atoms with Crippen LogP contribution in [0.4, 0.5) is 0 Å². The van der Waals surface area contributed by atoms with Crippen molar-refractivity contribution < 1.29 is 4.84 Å². The molecule has 0 heterocycles. The summed E-state index contributed by atoms with van der Waals surface area (Å²) < 4.78 is 0. The fraction of sp³-hybridized carbons (Fsp3) is 1.00. The Labute approximate surface area is 57.3 Å². The van der Waals surface area contributed by atoms with E-state index in [0.29, 0.717) is 0 Å². The van der Waals surface area contributed by atoms with E-state index >= 15 is 0 Å². The van der Waals surface area contributed by atoms with Crippen molar-refractivity contribution in [1.29, 1.82) is 0 Å². The van der Waals surface area contributed by atoms with E-state index in [4.69, 9.17) is 10.7 Å². The zero-order valence-electron chi connectivity index (χ0n) is 6.77. The van der Waals surface area contributed by atoms with Gasteiger partial charge in [0, 0.05) is 0 Å². The second kappa shape index (κ2) is 3.18. The maximum absolute atomic E-state index is 5.03. The summed E-state index contributed by atoms with van der Waals surface area (Å²) in [5.41, 5.74) is 0.203. The van der Waals surface area contributed by atoms with Gasteiger partial charge < -0.3 is 4.84 Å². The molecule has 0 aromatic rings. The van der Waals surface area contributed by atoms with Crippen molar-refractivity contribution in [2.75, 3.05) is 0 Å². The molecular weight excluding hydrogens is 114 g/mol. The first kappa shape index (κ1) is 8.92. The average Bonchev–Trinajstić information content (AvgIpc) is 1.86. The highest BCUT2D eigenvalue weighted by atomic mass is 16.6. The van der Waals surface area contributed by atoms with Crippen LogP contribution in [-0.2, 0) is 4.84 Å². The topological polar surface area (TPSA) is 35.2 Å². The van der Waals surface area contributed by atoms with Gasteiger partial charge in [0.2, 0.25) is 0 Å². The smallest absolute Gasteiger partial charge is 0.0809 e. The monoisotopic (exact) mass is 131 g/mol. The van der Waals surface area contributed by atoms with E-state index in [1.54, 1.807) is 0 Å². The number of nitrogens with two attached hydrogens (primary N) is 1. The first-order valence-electron chi connectivity index (χ1n) is 3.40. The minimum Gasteiger partial charge on any atom is -0.301 e. The van der Waals surface area contributed by atoms with Crippen LogP contribution in [0.25, 0.3) is 0 Å².